The molecule has 5 heterocycles. The average Bonchev–Trinajstić information content (AvgIpc) is 1.94. The highest BCUT2D eigenvalue weighted by Crippen LogP contribution is 2.25. The second-order valence-corrected chi connectivity index (χ2v) is 26.0. The average molecular weight is 1360 g/mol. The van der Waals surface area contributed by atoms with Gasteiger partial charge < -0.3 is 42.0 Å². The summed E-state index contributed by atoms with van der Waals surface area (Å²) in [5.74, 6) is 1.11. The number of benzene rings is 4. The number of alkyl halides is 1. The van der Waals surface area contributed by atoms with E-state index in [-0.39, 0.29) is 42.8 Å². The van der Waals surface area contributed by atoms with Crippen molar-refractivity contribution in [2.45, 2.75) is 142 Å². The first-order valence-corrected chi connectivity index (χ1v) is 33.6. The van der Waals surface area contributed by atoms with Crippen LogP contribution >= 0.6 is 39.5 Å². The number of halogens is 1. The van der Waals surface area contributed by atoms with Crippen LogP contribution in [0.3, 0.4) is 0 Å². The molecule has 4 aromatic carbocycles. The predicted octanol–water partition coefficient (Wildman–Crippen LogP) is 8.57. The van der Waals surface area contributed by atoms with Gasteiger partial charge in [0.15, 0.2) is 12.4 Å². The van der Waals surface area contributed by atoms with E-state index in [9.17, 15) is 14.4 Å². The number of nitriles is 3. The smallest absolute Gasteiger partial charge is 0.407 e. The maximum absolute atomic E-state index is 12.5. The molecule has 0 bridgehead atoms. The van der Waals surface area contributed by atoms with E-state index >= 15 is 0 Å². The molecule has 92 heavy (non-hydrogen) atoms. The van der Waals surface area contributed by atoms with Crippen molar-refractivity contribution < 1.29 is 19.1 Å². The van der Waals surface area contributed by atoms with E-state index in [0.717, 1.165) is 68.3 Å². The van der Waals surface area contributed by atoms with E-state index in [4.69, 9.17) is 45.1 Å². The lowest BCUT2D eigenvalue weighted by Gasteiger charge is -2.27. The SMILES string of the molecule is CC(C)(CN)NC(=O)OCc1ccccc1.CC(C)(N)CN=C(NC#N)N1Cc2ccccc2C1.CSC(=NC#N)SC.[C-]#[N+][C@@H]1CCCN1C(=O)CBr.[C-]#[N+][C@@H]1CCCN1C(=O)CNC(C)(C)CN=C(NC#N)N1Cc2ccccc2C1.c1ccc2c(c1)CNC2. The standard InChI is InChI=1S/C21H27N7O.C14H19N5.C12H18N2O2.C8H9N.C7H9BrN2O.C4H6N2S2/c1-21(2,26-11-19(29)28-10-6-9-18(28)23-3)14-24-20(25-15-22)27-12-16-7-4-5-8-17(16)13-27;1-14(2,16)9-17-13(18-10-15)19-7-11-5-3-4-6-12(11)8-19;1-12(2,9-13)14-11(15)16-8-10-6-4-3-5-7-10;1-2-4-8-6-9-5-7(8)3-1;1-9-6-3-2-4-10(6)7(11)5-8;1-7-4(8-2)6-3-5/h4-5,7-8,18,26H,6,9-14H2,1-2H3,(H,24,25);3-6H,7-9,16H2,1-2H3,(H,17,18);3-7H,8-9,13H2,1-2H3,(H,14,15);1-4,9H,5-6H2;6H,2-5H2;1-2H3/t18-;;;;6-;/m0...0./s1. The number of aliphatic imine (C=N–C) groups is 3. The molecule has 490 valence electrons. The van der Waals surface area contributed by atoms with Crippen molar-refractivity contribution >= 4 is 73.7 Å². The van der Waals surface area contributed by atoms with Gasteiger partial charge >= 0.3 is 18.4 Å². The highest BCUT2D eigenvalue weighted by Gasteiger charge is 2.34. The lowest BCUT2D eigenvalue weighted by molar-refractivity contribution is -0.130. The Bertz CT molecular complexity index is 3250. The Labute approximate surface area is 560 Å². The van der Waals surface area contributed by atoms with Crippen LogP contribution in [0.15, 0.2) is 118 Å². The Morgan fingerprint density at radius 3 is 1.51 bits per heavy atom. The molecule has 0 unspecified atom stereocenters. The van der Waals surface area contributed by atoms with E-state index in [2.05, 4.69) is 121 Å². The van der Waals surface area contributed by atoms with Crippen molar-refractivity contribution in [2.75, 3.05) is 57.1 Å². The van der Waals surface area contributed by atoms with E-state index < -0.39 is 17.2 Å². The fourth-order valence-electron chi connectivity index (χ4n) is 9.49. The van der Waals surface area contributed by atoms with Crippen LogP contribution in [0, 0.1) is 47.5 Å². The molecule has 0 aliphatic carbocycles. The normalized spacial score (nSPS) is 15.9. The van der Waals surface area contributed by atoms with Gasteiger partial charge in [0.2, 0.25) is 29.9 Å². The lowest BCUT2D eigenvalue weighted by atomic mass is 10.1. The summed E-state index contributed by atoms with van der Waals surface area (Å²) in [6, 6.07) is 34.5. The number of nitrogens with two attached hydrogens (primary N) is 2. The zero-order chi connectivity index (χ0) is 67.5. The molecular weight excluding hydrogens is 1270 g/mol. The van der Waals surface area contributed by atoms with Crippen molar-refractivity contribution in [3.8, 4) is 18.6 Å². The molecule has 5 aliphatic heterocycles. The van der Waals surface area contributed by atoms with E-state index in [1.807, 2.05) is 126 Å². The second kappa shape index (κ2) is 39.9. The summed E-state index contributed by atoms with van der Waals surface area (Å²) < 4.78 is 5.87. The maximum Gasteiger partial charge on any atom is 0.407 e. The number of nitrogens with zero attached hydrogens (tertiary/aromatic N) is 12. The number of amides is 3. The number of guanidine groups is 2. The summed E-state index contributed by atoms with van der Waals surface area (Å²) in [7, 11) is 0. The van der Waals surface area contributed by atoms with Crippen molar-refractivity contribution in [3.05, 3.63) is 165 Å². The number of nitrogens with one attached hydrogen (secondary N) is 5. The highest BCUT2D eigenvalue weighted by molar-refractivity contribution is 9.09. The predicted molar refractivity (Wildman–Crippen MR) is 370 cm³/mol. The van der Waals surface area contributed by atoms with Gasteiger partial charge in [0, 0.05) is 88.4 Å². The molecule has 0 aromatic heterocycles. The number of alkyl carbamates (subject to hydrolysis) is 1. The van der Waals surface area contributed by atoms with Crippen LogP contribution in [0.25, 0.3) is 9.69 Å². The first-order chi connectivity index (χ1) is 44.1. The summed E-state index contributed by atoms with van der Waals surface area (Å²) >= 11 is 6.06. The number of thioether (sulfide) groups is 2. The molecule has 4 aromatic rings. The molecule has 9 N–H and O–H groups in total. The minimum atomic E-state index is -0.445. The van der Waals surface area contributed by atoms with E-state index in [1.165, 1.54) is 56.9 Å². The van der Waals surface area contributed by atoms with Crippen LogP contribution < -0.4 is 38.1 Å². The third-order valence-electron chi connectivity index (χ3n) is 14.5. The van der Waals surface area contributed by atoms with Crippen molar-refractivity contribution in [1.82, 2.24) is 46.2 Å². The van der Waals surface area contributed by atoms with Crippen LogP contribution in [-0.2, 0) is 60.2 Å². The zero-order valence-corrected chi connectivity index (χ0v) is 57.3. The van der Waals surface area contributed by atoms with Crippen molar-refractivity contribution in [3.63, 3.8) is 0 Å². The zero-order valence-electron chi connectivity index (χ0n) is 54.0. The van der Waals surface area contributed by atoms with Crippen molar-refractivity contribution in [1.29, 1.82) is 15.8 Å². The van der Waals surface area contributed by atoms with Gasteiger partial charge in [0.25, 0.3) is 0 Å². The number of ether oxygens (including phenoxy) is 1. The Kier molecular flexibility index (Phi) is 33.1. The fourth-order valence-corrected chi connectivity index (χ4v) is 10.7. The van der Waals surface area contributed by atoms with Crippen LogP contribution in [-0.4, -0.2) is 140 Å². The van der Waals surface area contributed by atoms with Gasteiger partial charge in [0.05, 0.1) is 25.0 Å². The molecule has 2 atom stereocenters. The molecule has 5 aliphatic rings. The summed E-state index contributed by atoms with van der Waals surface area (Å²) in [5, 5.41) is 40.9. The Morgan fingerprint density at radius 1 is 0.685 bits per heavy atom. The number of fused-ring (bicyclic) bond motifs is 3. The minimum absolute atomic E-state index is 0.0310. The van der Waals surface area contributed by atoms with Crippen LogP contribution in [0.1, 0.15) is 106 Å². The van der Waals surface area contributed by atoms with Gasteiger partial charge in [-0.1, -0.05) is 119 Å². The third-order valence-corrected chi connectivity index (χ3v) is 16.9. The number of carbonyl (C=O) groups is 3. The number of hydrogen-bond acceptors (Lipinski definition) is 16. The van der Waals surface area contributed by atoms with Crippen molar-refractivity contribution in [2.24, 2.45) is 26.4 Å². The lowest BCUT2D eigenvalue weighted by Crippen LogP contribution is -2.49. The first-order valence-electron chi connectivity index (χ1n) is 30.0. The molecule has 0 spiro atoms. The molecule has 2 fully saturated rings. The number of rotatable bonds is 12. The maximum atomic E-state index is 12.5. The fraction of sp³-hybridized carbons (Fsp3) is 0.470. The molecule has 26 heteroatoms. The van der Waals surface area contributed by atoms with Gasteiger partial charge in [-0.2, -0.15) is 20.8 Å². The van der Waals surface area contributed by atoms with Gasteiger partial charge in [-0.3, -0.25) is 49.7 Å². The van der Waals surface area contributed by atoms with E-state index in [1.54, 1.807) is 16.0 Å². The summed E-state index contributed by atoms with van der Waals surface area (Å²) in [6.07, 6.45) is 11.9. The van der Waals surface area contributed by atoms with Gasteiger partial charge in [0.1, 0.15) is 11.0 Å². The van der Waals surface area contributed by atoms with Crippen LogP contribution in [0.4, 0.5) is 4.79 Å². The number of carbonyl (C=O) groups excluding carboxylic acids is 3. The number of likely N-dealkylation sites (tertiary alicyclic amines) is 2. The second-order valence-electron chi connectivity index (χ2n) is 23.6. The highest BCUT2D eigenvalue weighted by atomic mass is 79.9. The molecule has 9 rings (SSSR count). The Balaban J connectivity index is 0.000000250. The number of hydrogen-bond donors (Lipinski definition) is 7. The Hall–Kier alpha value is -8.23. The quantitative estimate of drug-likeness (QED) is 0.0174. The summed E-state index contributed by atoms with van der Waals surface area (Å²) in [6.45, 7) is 33.7. The first kappa shape index (κ1) is 76.2. The molecule has 0 radical (unpaired) electrons. The van der Waals surface area contributed by atoms with Crippen LogP contribution in [0.2, 0.25) is 0 Å². The summed E-state index contributed by atoms with van der Waals surface area (Å²) in [5.41, 5.74) is 19.1. The topological polar surface area (TPSA) is 303 Å². The van der Waals surface area contributed by atoms with Gasteiger partial charge in [-0.15, -0.1) is 23.5 Å². The van der Waals surface area contributed by atoms with Gasteiger partial charge in [-0.25, -0.2) is 17.9 Å². The summed E-state index contributed by atoms with van der Waals surface area (Å²) in [4.78, 5) is 61.9. The third kappa shape index (κ3) is 26.9. The molecule has 0 saturated carbocycles. The minimum Gasteiger partial charge on any atom is -0.445 e. The molecule has 3 amide bonds. The van der Waals surface area contributed by atoms with Crippen LogP contribution in [0.5, 0.6) is 0 Å². The van der Waals surface area contributed by atoms with Gasteiger partial charge in [-0.05, 0) is 106 Å². The molecular formula is C66H88BrN19O4S2. The molecule has 2 saturated heterocycles. The largest absolute Gasteiger partial charge is 0.445 e. The monoisotopic (exact) mass is 1350 g/mol. The Morgan fingerprint density at radius 2 is 1.12 bits per heavy atom. The van der Waals surface area contributed by atoms with E-state index in [0.29, 0.717) is 56.5 Å². The molecule has 23 nitrogen and oxygen atoms in total.